The lowest BCUT2D eigenvalue weighted by molar-refractivity contribution is 1.30. The maximum Gasteiger partial charge on any atom is 0.0640 e. The number of thiophene rings is 2. The Bertz CT molecular complexity index is 2440. The van der Waals surface area contributed by atoms with Gasteiger partial charge in [0, 0.05) is 64.1 Å². The molecule has 2 heterocycles. The van der Waals surface area contributed by atoms with Gasteiger partial charge in [0.15, 0.2) is 0 Å². The molecule has 0 aliphatic rings. The molecule has 0 N–H and O–H groups in total. The van der Waals surface area contributed by atoms with Crippen LogP contribution in [-0.4, -0.2) is 0 Å². The minimum Gasteiger partial charge on any atom is -0.310 e. The van der Waals surface area contributed by atoms with Crippen molar-refractivity contribution in [2.75, 3.05) is 9.80 Å². The van der Waals surface area contributed by atoms with E-state index in [1.54, 1.807) is 0 Å². The van der Waals surface area contributed by atoms with Gasteiger partial charge in [-0.25, -0.2) is 0 Å². The van der Waals surface area contributed by atoms with Gasteiger partial charge in [0.05, 0.1) is 10.4 Å². The second kappa shape index (κ2) is 11.2. The van der Waals surface area contributed by atoms with Crippen LogP contribution < -0.4 is 9.80 Å². The summed E-state index contributed by atoms with van der Waals surface area (Å²) < 4.78 is 5.18. The molecule has 0 saturated carbocycles. The summed E-state index contributed by atoms with van der Waals surface area (Å²) in [6.07, 6.45) is 0. The van der Waals surface area contributed by atoms with E-state index in [0.717, 1.165) is 28.4 Å². The Morgan fingerprint density at radius 3 is 1.57 bits per heavy atom. The van der Waals surface area contributed by atoms with Crippen molar-refractivity contribution in [1.82, 2.24) is 0 Å². The van der Waals surface area contributed by atoms with Gasteiger partial charge in [0.2, 0.25) is 0 Å². The second-order valence-corrected chi connectivity index (χ2v) is 13.5. The standard InChI is InChI=1S/C42H28N2S2/c1-4-13-29(14-5-1)43(33-23-25-35-34-19-10-11-22-39(34)45-41(35)28-33)32-24-26-40-37(27-32)36-20-12-21-38(42(36)46-40)44(30-15-6-2-7-16-30)31-17-8-3-9-18-31/h1-28H. The van der Waals surface area contributed by atoms with E-state index in [-0.39, 0.29) is 0 Å². The van der Waals surface area contributed by atoms with Gasteiger partial charge < -0.3 is 9.80 Å². The molecule has 0 spiro atoms. The smallest absolute Gasteiger partial charge is 0.0640 e. The molecule has 218 valence electrons. The summed E-state index contributed by atoms with van der Waals surface area (Å²) in [6.45, 7) is 0. The lowest BCUT2D eigenvalue weighted by Crippen LogP contribution is -2.09. The minimum atomic E-state index is 1.14. The van der Waals surface area contributed by atoms with Crippen molar-refractivity contribution in [3.63, 3.8) is 0 Å². The molecule has 9 rings (SSSR count). The van der Waals surface area contributed by atoms with Crippen LogP contribution in [0.2, 0.25) is 0 Å². The quantitative estimate of drug-likeness (QED) is 0.182. The fourth-order valence-electron chi connectivity index (χ4n) is 6.55. The van der Waals surface area contributed by atoms with Crippen LogP contribution in [-0.2, 0) is 0 Å². The fraction of sp³-hybridized carbons (Fsp3) is 0. The topological polar surface area (TPSA) is 6.48 Å². The Morgan fingerprint density at radius 1 is 0.304 bits per heavy atom. The third-order valence-corrected chi connectivity index (χ3v) is 11.0. The van der Waals surface area contributed by atoms with Crippen LogP contribution >= 0.6 is 22.7 Å². The summed E-state index contributed by atoms with van der Waals surface area (Å²) in [5.41, 5.74) is 6.92. The van der Waals surface area contributed by atoms with Crippen LogP contribution in [0.3, 0.4) is 0 Å². The monoisotopic (exact) mass is 624 g/mol. The molecule has 9 aromatic rings. The zero-order chi connectivity index (χ0) is 30.5. The predicted molar refractivity (Wildman–Crippen MR) is 202 cm³/mol. The van der Waals surface area contributed by atoms with Crippen LogP contribution in [0.5, 0.6) is 0 Å². The summed E-state index contributed by atoms with van der Waals surface area (Å²) in [5, 5.41) is 5.17. The first-order chi connectivity index (χ1) is 22.8. The van der Waals surface area contributed by atoms with Crippen molar-refractivity contribution in [3.8, 4) is 0 Å². The fourth-order valence-corrected chi connectivity index (χ4v) is 8.87. The largest absolute Gasteiger partial charge is 0.310 e. The van der Waals surface area contributed by atoms with E-state index in [1.807, 2.05) is 22.7 Å². The van der Waals surface area contributed by atoms with E-state index < -0.39 is 0 Å². The maximum atomic E-state index is 2.39. The number of hydrogen-bond acceptors (Lipinski definition) is 4. The molecule has 0 unspecified atom stereocenters. The summed E-state index contributed by atoms with van der Waals surface area (Å²) in [4.78, 5) is 4.76. The number of fused-ring (bicyclic) bond motifs is 6. The normalized spacial score (nSPS) is 11.5. The predicted octanol–water partition coefficient (Wildman–Crippen LogP) is 13.4. The molecule has 2 nitrogen and oxygen atoms in total. The molecule has 0 radical (unpaired) electrons. The maximum absolute atomic E-state index is 2.39. The molecule has 0 saturated heterocycles. The lowest BCUT2D eigenvalue weighted by atomic mass is 10.1. The van der Waals surface area contributed by atoms with E-state index in [2.05, 4.69) is 180 Å². The molecule has 0 amide bonds. The van der Waals surface area contributed by atoms with E-state index >= 15 is 0 Å². The van der Waals surface area contributed by atoms with E-state index in [4.69, 9.17) is 0 Å². The summed E-state index contributed by atoms with van der Waals surface area (Å²) in [5.74, 6) is 0. The van der Waals surface area contributed by atoms with Gasteiger partial charge in [0.25, 0.3) is 0 Å². The van der Waals surface area contributed by atoms with E-state index in [9.17, 15) is 0 Å². The summed E-state index contributed by atoms with van der Waals surface area (Å²) in [6, 6.07) is 61.3. The molecule has 0 fully saturated rings. The molecular formula is C42H28N2S2. The Morgan fingerprint density at radius 2 is 0.848 bits per heavy atom. The van der Waals surface area contributed by atoms with Crippen LogP contribution in [0, 0.1) is 0 Å². The van der Waals surface area contributed by atoms with Gasteiger partial charge in [-0.1, -0.05) is 91.0 Å². The second-order valence-electron chi connectivity index (χ2n) is 11.4. The third kappa shape index (κ3) is 4.54. The molecule has 0 bridgehead atoms. The van der Waals surface area contributed by atoms with Gasteiger partial charge in [-0.3, -0.25) is 0 Å². The molecule has 2 aromatic heterocycles. The highest BCUT2D eigenvalue weighted by Crippen LogP contribution is 2.47. The van der Waals surface area contributed by atoms with Crippen molar-refractivity contribution < 1.29 is 0 Å². The minimum absolute atomic E-state index is 1.14. The highest BCUT2D eigenvalue weighted by atomic mass is 32.1. The lowest BCUT2D eigenvalue weighted by Gasteiger charge is -2.26. The van der Waals surface area contributed by atoms with Gasteiger partial charge in [-0.2, -0.15) is 0 Å². The molecule has 7 aromatic carbocycles. The molecule has 0 aliphatic heterocycles. The number of nitrogens with zero attached hydrogens (tertiary/aromatic N) is 2. The number of benzene rings is 7. The number of anilines is 6. The molecule has 4 heteroatoms. The SMILES string of the molecule is c1ccc(N(c2ccc3c(c2)sc2ccccc23)c2ccc3sc4c(N(c5ccccc5)c5ccccc5)cccc4c3c2)cc1. The van der Waals surface area contributed by atoms with Crippen LogP contribution in [0.25, 0.3) is 40.3 Å². The highest BCUT2D eigenvalue weighted by Gasteiger charge is 2.20. The van der Waals surface area contributed by atoms with Gasteiger partial charge in [-0.05, 0) is 78.9 Å². The molecular weight excluding hydrogens is 597 g/mol. The van der Waals surface area contributed by atoms with Crippen molar-refractivity contribution in [3.05, 3.63) is 170 Å². The average Bonchev–Trinajstić information content (AvgIpc) is 3.68. The molecule has 46 heavy (non-hydrogen) atoms. The Hall–Kier alpha value is -5.42. The van der Waals surface area contributed by atoms with E-state index in [1.165, 1.54) is 46.0 Å². The summed E-state index contributed by atoms with van der Waals surface area (Å²) >= 11 is 3.72. The Kier molecular flexibility index (Phi) is 6.55. The molecule has 0 aliphatic carbocycles. The zero-order valence-electron chi connectivity index (χ0n) is 24.9. The van der Waals surface area contributed by atoms with Crippen molar-refractivity contribution in [2.24, 2.45) is 0 Å². The van der Waals surface area contributed by atoms with Crippen molar-refractivity contribution in [2.45, 2.75) is 0 Å². The van der Waals surface area contributed by atoms with Gasteiger partial charge in [0.1, 0.15) is 0 Å². The number of rotatable bonds is 6. The van der Waals surface area contributed by atoms with Gasteiger partial charge >= 0.3 is 0 Å². The first kappa shape index (κ1) is 26.9. The number of para-hydroxylation sites is 3. The Balaban J connectivity index is 1.22. The van der Waals surface area contributed by atoms with Crippen LogP contribution in [0.15, 0.2) is 170 Å². The van der Waals surface area contributed by atoms with Crippen LogP contribution in [0.4, 0.5) is 34.1 Å². The van der Waals surface area contributed by atoms with Crippen molar-refractivity contribution >= 4 is 97.1 Å². The highest BCUT2D eigenvalue weighted by molar-refractivity contribution is 7.26. The number of hydrogen-bond donors (Lipinski definition) is 0. The first-order valence-corrected chi connectivity index (χ1v) is 17.1. The zero-order valence-corrected chi connectivity index (χ0v) is 26.5. The van der Waals surface area contributed by atoms with Crippen LogP contribution in [0.1, 0.15) is 0 Å². The van der Waals surface area contributed by atoms with Crippen molar-refractivity contribution in [1.29, 1.82) is 0 Å². The van der Waals surface area contributed by atoms with E-state index in [0.29, 0.717) is 0 Å². The molecule has 0 atom stereocenters. The van der Waals surface area contributed by atoms with Gasteiger partial charge in [-0.15, -0.1) is 22.7 Å². The summed E-state index contributed by atoms with van der Waals surface area (Å²) in [7, 11) is 0. The average molecular weight is 625 g/mol. The third-order valence-electron chi connectivity index (χ3n) is 8.62. The Labute approximate surface area is 275 Å². The first-order valence-electron chi connectivity index (χ1n) is 15.4.